The molecule has 4 nitrogen and oxygen atoms in total. The van der Waals surface area contributed by atoms with Gasteiger partial charge >= 0.3 is 0 Å². The topological polar surface area (TPSA) is 49.8 Å². The molecule has 0 bridgehead atoms. The Balaban J connectivity index is 1.75. The van der Waals surface area contributed by atoms with Gasteiger partial charge in [-0.15, -0.1) is 0 Å². The zero-order valence-electron chi connectivity index (χ0n) is 13.5. The Morgan fingerprint density at radius 1 is 1.21 bits per heavy atom. The third kappa shape index (κ3) is 3.57. The van der Waals surface area contributed by atoms with E-state index in [0.717, 1.165) is 16.9 Å². The van der Waals surface area contributed by atoms with E-state index in [1.807, 2.05) is 24.3 Å². The van der Waals surface area contributed by atoms with Crippen molar-refractivity contribution in [3.8, 4) is 5.75 Å². The molecule has 0 radical (unpaired) electrons. The fourth-order valence-electron chi connectivity index (χ4n) is 3.11. The second kappa shape index (κ2) is 7.01. The number of carbonyl (C=O) groups is 1. The van der Waals surface area contributed by atoms with E-state index in [0.29, 0.717) is 13.0 Å². The number of aliphatic hydroxyl groups is 1. The van der Waals surface area contributed by atoms with Crippen LogP contribution < -0.4 is 4.74 Å². The van der Waals surface area contributed by atoms with E-state index in [1.54, 1.807) is 24.1 Å². The van der Waals surface area contributed by atoms with Crippen LogP contribution in [0.15, 0.2) is 48.5 Å². The first kappa shape index (κ1) is 16.5. The molecule has 1 N–H and O–H groups in total. The van der Waals surface area contributed by atoms with Gasteiger partial charge in [0.05, 0.1) is 25.7 Å². The molecule has 5 heteroatoms. The molecule has 1 aliphatic heterocycles. The Kier molecular flexibility index (Phi) is 4.81. The molecule has 3 rings (SSSR count). The van der Waals surface area contributed by atoms with Crippen LogP contribution in [0.4, 0.5) is 4.39 Å². The number of β-amino-alcohol motifs (C(OH)–C–C–N with tert-alkyl or cyclic N) is 1. The summed E-state index contributed by atoms with van der Waals surface area (Å²) in [5, 5.41) is 9.98. The average Bonchev–Trinajstić information content (AvgIpc) is 2.98. The fraction of sp³-hybridized carbons (Fsp3) is 0.316. The van der Waals surface area contributed by atoms with Gasteiger partial charge in [0.25, 0.3) is 0 Å². The summed E-state index contributed by atoms with van der Waals surface area (Å²) in [6.07, 6.45) is 0.175. The number of benzene rings is 2. The molecule has 1 heterocycles. The van der Waals surface area contributed by atoms with Gasteiger partial charge in [-0.05, 0) is 41.8 Å². The van der Waals surface area contributed by atoms with Crippen molar-refractivity contribution in [2.45, 2.75) is 25.0 Å². The van der Waals surface area contributed by atoms with Gasteiger partial charge in [0.1, 0.15) is 11.6 Å². The molecule has 2 aromatic carbocycles. The van der Waals surface area contributed by atoms with Crippen LogP contribution in [0.5, 0.6) is 5.75 Å². The third-order valence-corrected chi connectivity index (χ3v) is 4.37. The molecule has 1 fully saturated rings. The molecule has 0 aliphatic carbocycles. The van der Waals surface area contributed by atoms with Crippen LogP contribution in [-0.4, -0.2) is 35.7 Å². The second-order valence-corrected chi connectivity index (χ2v) is 6.03. The molecule has 1 amide bonds. The van der Waals surface area contributed by atoms with Crippen LogP contribution in [0.3, 0.4) is 0 Å². The summed E-state index contributed by atoms with van der Waals surface area (Å²) in [6, 6.07) is 13.2. The van der Waals surface area contributed by atoms with E-state index in [4.69, 9.17) is 4.74 Å². The Labute approximate surface area is 140 Å². The van der Waals surface area contributed by atoms with Crippen molar-refractivity contribution in [2.24, 2.45) is 0 Å². The summed E-state index contributed by atoms with van der Waals surface area (Å²) in [7, 11) is 1.60. The predicted molar refractivity (Wildman–Crippen MR) is 88.2 cm³/mol. The number of rotatable bonds is 4. The highest BCUT2D eigenvalue weighted by molar-refractivity contribution is 5.79. The van der Waals surface area contributed by atoms with E-state index >= 15 is 0 Å². The smallest absolute Gasteiger partial charge is 0.227 e. The number of aliphatic hydroxyl groups excluding tert-OH is 1. The lowest BCUT2D eigenvalue weighted by molar-refractivity contribution is -0.131. The van der Waals surface area contributed by atoms with Gasteiger partial charge in [-0.2, -0.15) is 0 Å². The molecule has 0 saturated carbocycles. The molecule has 24 heavy (non-hydrogen) atoms. The maximum Gasteiger partial charge on any atom is 0.227 e. The van der Waals surface area contributed by atoms with E-state index in [-0.39, 0.29) is 24.2 Å². The summed E-state index contributed by atoms with van der Waals surface area (Å²) < 4.78 is 18.2. The van der Waals surface area contributed by atoms with Gasteiger partial charge in [0.2, 0.25) is 5.91 Å². The number of hydrogen-bond donors (Lipinski definition) is 1. The van der Waals surface area contributed by atoms with Crippen molar-refractivity contribution in [3.05, 3.63) is 65.5 Å². The number of hydrogen-bond acceptors (Lipinski definition) is 3. The number of amides is 1. The van der Waals surface area contributed by atoms with Crippen LogP contribution in [0.25, 0.3) is 0 Å². The van der Waals surface area contributed by atoms with Crippen LogP contribution in [-0.2, 0) is 11.2 Å². The van der Waals surface area contributed by atoms with Gasteiger partial charge in [-0.25, -0.2) is 4.39 Å². The van der Waals surface area contributed by atoms with Gasteiger partial charge in [0.15, 0.2) is 0 Å². The summed E-state index contributed by atoms with van der Waals surface area (Å²) in [6.45, 7) is 0.303. The number of halogens is 1. The lowest BCUT2D eigenvalue weighted by Crippen LogP contribution is -2.33. The molecule has 126 valence electrons. The van der Waals surface area contributed by atoms with Crippen molar-refractivity contribution in [1.82, 2.24) is 4.90 Å². The normalized spacial score (nSPS) is 20.2. The highest BCUT2D eigenvalue weighted by Gasteiger charge is 2.35. The molecule has 1 aliphatic rings. The first-order valence-corrected chi connectivity index (χ1v) is 7.92. The van der Waals surface area contributed by atoms with Crippen molar-refractivity contribution in [3.63, 3.8) is 0 Å². The molecule has 2 atom stereocenters. The minimum Gasteiger partial charge on any atom is -0.497 e. The van der Waals surface area contributed by atoms with Crippen LogP contribution >= 0.6 is 0 Å². The van der Waals surface area contributed by atoms with Crippen LogP contribution in [0.2, 0.25) is 0 Å². The summed E-state index contributed by atoms with van der Waals surface area (Å²) in [5.41, 5.74) is 1.73. The highest BCUT2D eigenvalue weighted by Crippen LogP contribution is 2.32. The molecular weight excluding hydrogens is 309 g/mol. The average molecular weight is 329 g/mol. The highest BCUT2D eigenvalue weighted by atomic mass is 19.1. The number of methoxy groups -OCH3 is 1. The van der Waals surface area contributed by atoms with Gasteiger partial charge in [0, 0.05) is 6.54 Å². The first-order valence-electron chi connectivity index (χ1n) is 7.92. The van der Waals surface area contributed by atoms with Gasteiger partial charge < -0.3 is 14.7 Å². The summed E-state index contributed by atoms with van der Waals surface area (Å²) in [5.74, 6) is 0.381. The number of ether oxygens (including phenoxy) is 1. The lowest BCUT2D eigenvalue weighted by Gasteiger charge is -2.25. The molecule has 2 aromatic rings. The molecular formula is C19H20FNO3. The SMILES string of the molecule is COc1ccc(CC(=O)N2CC(O)CC2c2ccc(F)cc2)cc1. The quantitative estimate of drug-likeness (QED) is 0.938. The van der Waals surface area contributed by atoms with Crippen molar-refractivity contribution in [2.75, 3.05) is 13.7 Å². The largest absolute Gasteiger partial charge is 0.497 e. The Morgan fingerprint density at radius 2 is 1.88 bits per heavy atom. The van der Waals surface area contributed by atoms with Crippen molar-refractivity contribution < 1.29 is 19.0 Å². The molecule has 0 spiro atoms. The molecule has 2 unspecified atom stereocenters. The zero-order valence-corrected chi connectivity index (χ0v) is 13.5. The van der Waals surface area contributed by atoms with Crippen molar-refractivity contribution >= 4 is 5.91 Å². The predicted octanol–water partition coefficient (Wildman–Crippen LogP) is 2.71. The fourth-order valence-corrected chi connectivity index (χ4v) is 3.11. The number of carbonyl (C=O) groups excluding carboxylic acids is 1. The van der Waals surface area contributed by atoms with Gasteiger partial charge in [-0.3, -0.25) is 4.79 Å². The van der Waals surface area contributed by atoms with E-state index in [1.165, 1.54) is 12.1 Å². The Bertz CT molecular complexity index is 700. The van der Waals surface area contributed by atoms with Gasteiger partial charge in [-0.1, -0.05) is 24.3 Å². The van der Waals surface area contributed by atoms with E-state index in [2.05, 4.69) is 0 Å². The number of nitrogens with zero attached hydrogens (tertiary/aromatic N) is 1. The van der Waals surface area contributed by atoms with E-state index < -0.39 is 6.10 Å². The van der Waals surface area contributed by atoms with Crippen LogP contribution in [0, 0.1) is 5.82 Å². The number of likely N-dealkylation sites (tertiary alicyclic amines) is 1. The second-order valence-electron chi connectivity index (χ2n) is 6.03. The molecule has 1 saturated heterocycles. The Morgan fingerprint density at radius 3 is 2.50 bits per heavy atom. The van der Waals surface area contributed by atoms with Crippen LogP contribution in [0.1, 0.15) is 23.6 Å². The minimum absolute atomic E-state index is 0.0500. The first-order chi connectivity index (χ1) is 11.6. The molecule has 0 aromatic heterocycles. The minimum atomic E-state index is -0.556. The zero-order chi connectivity index (χ0) is 17.1. The van der Waals surface area contributed by atoms with Crippen molar-refractivity contribution in [1.29, 1.82) is 0 Å². The van der Waals surface area contributed by atoms with E-state index in [9.17, 15) is 14.3 Å². The monoisotopic (exact) mass is 329 g/mol. The summed E-state index contributed by atoms with van der Waals surface area (Å²) in [4.78, 5) is 14.4. The maximum absolute atomic E-state index is 13.1. The Hall–Kier alpha value is -2.40. The third-order valence-electron chi connectivity index (χ3n) is 4.37. The standard InChI is InChI=1S/C19H20FNO3/c1-24-17-8-2-13(3-9-17)10-19(23)21-12-16(22)11-18(21)14-4-6-15(20)7-5-14/h2-9,16,18,22H,10-12H2,1H3. The summed E-state index contributed by atoms with van der Waals surface area (Å²) >= 11 is 0. The lowest BCUT2D eigenvalue weighted by atomic mass is 10.0. The maximum atomic E-state index is 13.1.